The van der Waals surface area contributed by atoms with Gasteiger partial charge in [0.15, 0.2) is 0 Å². The van der Waals surface area contributed by atoms with Gasteiger partial charge in [-0.3, -0.25) is 4.79 Å². The van der Waals surface area contributed by atoms with E-state index in [0.29, 0.717) is 18.4 Å². The predicted octanol–water partition coefficient (Wildman–Crippen LogP) is 4.06. The third-order valence-corrected chi connectivity index (χ3v) is 5.67. The van der Waals surface area contributed by atoms with Gasteiger partial charge in [0.05, 0.1) is 6.10 Å². The Morgan fingerprint density at radius 3 is 2.14 bits per heavy atom. The molecule has 0 heterocycles. The Balaban J connectivity index is 0.000000696. The normalized spacial score (nSPS) is 20.1. The molecule has 0 spiro atoms. The molecule has 160 valence electrons. The average molecular weight is 394 g/mol. The number of unbranched alkanes of at least 4 members (excludes halogenated alkanes) is 3. The molecule has 28 heavy (non-hydrogen) atoms. The first-order valence-corrected chi connectivity index (χ1v) is 10.8. The molecule has 1 aliphatic carbocycles. The number of benzene rings is 1. The first kappa shape index (κ1) is 24.6. The van der Waals surface area contributed by atoms with Gasteiger partial charge in [-0.2, -0.15) is 0 Å². The maximum Gasteiger partial charge on any atom is 0.303 e. The van der Waals surface area contributed by atoms with E-state index in [4.69, 9.17) is 15.9 Å². The second kappa shape index (κ2) is 14.6. The lowest BCUT2D eigenvalue weighted by Crippen LogP contribution is -2.24. The second-order valence-corrected chi connectivity index (χ2v) is 7.84. The molecule has 0 aromatic heterocycles. The molecule has 1 fully saturated rings. The van der Waals surface area contributed by atoms with Crippen LogP contribution in [0.25, 0.3) is 0 Å². The number of rotatable bonds is 10. The molecule has 1 saturated carbocycles. The highest BCUT2D eigenvalue weighted by molar-refractivity contribution is 5.66. The Hall–Kier alpha value is -1.43. The summed E-state index contributed by atoms with van der Waals surface area (Å²) in [6, 6.07) is 8.53. The van der Waals surface area contributed by atoms with Crippen molar-refractivity contribution in [1.82, 2.24) is 0 Å². The summed E-state index contributed by atoms with van der Waals surface area (Å²) >= 11 is 0. The molecule has 1 aromatic rings. The molecule has 1 atom stereocenters. The van der Waals surface area contributed by atoms with Crippen LogP contribution in [0.5, 0.6) is 0 Å². The molecule has 0 saturated heterocycles. The number of nitrogens with two attached hydrogens (primary N) is 1. The zero-order valence-corrected chi connectivity index (χ0v) is 17.4. The van der Waals surface area contributed by atoms with Crippen LogP contribution in [0.15, 0.2) is 24.3 Å². The predicted molar refractivity (Wildman–Crippen MR) is 113 cm³/mol. The molecule has 0 aliphatic heterocycles. The summed E-state index contributed by atoms with van der Waals surface area (Å²) in [5.74, 6) is 0.304. The number of hydrogen-bond acceptors (Lipinski definition) is 4. The smallest absolute Gasteiger partial charge is 0.303 e. The van der Waals surface area contributed by atoms with Gasteiger partial charge in [0, 0.05) is 13.0 Å². The van der Waals surface area contributed by atoms with Crippen LogP contribution in [0.2, 0.25) is 0 Å². The van der Waals surface area contributed by atoms with E-state index in [1.165, 1.54) is 18.4 Å². The Bertz CT molecular complexity index is 524. The minimum Gasteiger partial charge on any atom is -0.481 e. The summed E-state index contributed by atoms with van der Waals surface area (Å²) in [6.07, 6.45) is 9.85. The summed E-state index contributed by atoms with van der Waals surface area (Å²) in [7, 11) is 0. The summed E-state index contributed by atoms with van der Waals surface area (Å²) in [4.78, 5) is 9.37. The monoisotopic (exact) mass is 393 g/mol. The lowest BCUT2D eigenvalue weighted by molar-refractivity contribution is -0.136. The number of aliphatic hydroxyl groups excluding tert-OH is 2. The highest BCUT2D eigenvalue weighted by Crippen LogP contribution is 2.36. The van der Waals surface area contributed by atoms with Crippen LogP contribution in [0.4, 0.5) is 0 Å². The minimum atomic E-state index is -0.745. The molecule has 5 N–H and O–H groups in total. The summed E-state index contributed by atoms with van der Waals surface area (Å²) in [5, 5.41) is 27.1. The first-order valence-electron chi connectivity index (χ1n) is 10.8. The van der Waals surface area contributed by atoms with Crippen LogP contribution in [0, 0.1) is 11.8 Å². The maximum atomic E-state index is 10.6. The van der Waals surface area contributed by atoms with E-state index < -0.39 is 5.97 Å². The molecule has 0 bridgehead atoms. The zero-order valence-electron chi connectivity index (χ0n) is 17.4. The Morgan fingerprint density at radius 1 is 1.07 bits per heavy atom. The molecule has 5 heteroatoms. The lowest BCUT2D eigenvalue weighted by atomic mass is 9.78. The van der Waals surface area contributed by atoms with Gasteiger partial charge in [-0.1, -0.05) is 44.0 Å². The van der Waals surface area contributed by atoms with Crippen molar-refractivity contribution in [2.75, 3.05) is 13.2 Å². The van der Waals surface area contributed by atoms with Crippen LogP contribution >= 0.6 is 0 Å². The summed E-state index contributed by atoms with van der Waals surface area (Å²) < 4.78 is 0. The van der Waals surface area contributed by atoms with Crippen molar-refractivity contribution in [2.24, 2.45) is 17.6 Å². The van der Waals surface area contributed by atoms with Crippen LogP contribution in [-0.2, 0) is 11.2 Å². The number of carboxylic acids is 1. The number of aliphatic carboxylic acids is 1. The second-order valence-electron chi connectivity index (χ2n) is 7.84. The Kier molecular flexibility index (Phi) is 12.8. The SMILES string of the molecule is CCC(=O)O.NCC1CCC(C(O)c2ccc(CCCCCCO)cc2)CC1. The number of aliphatic hydroxyl groups is 2. The Morgan fingerprint density at radius 2 is 1.64 bits per heavy atom. The average Bonchev–Trinajstić information content (AvgIpc) is 2.74. The van der Waals surface area contributed by atoms with E-state index in [1.54, 1.807) is 6.92 Å². The van der Waals surface area contributed by atoms with E-state index in [0.717, 1.165) is 57.1 Å². The fourth-order valence-electron chi connectivity index (χ4n) is 3.69. The fourth-order valence-corrected chi connectivity index (χ4v) is 3.69. The molecule has 0 radical (unpaired) electrons. The van der Waals surface area contributed by atoms with E-state index >= 15 is 0 Å². The largest absolute Gasteiger partial charge is 0.481 e. The summed E-state index contributed by atoms with van der Waals surface area (Å²) in [5.41, 5.74) is 8.15. The van der Waals surface area contributed by atoms with Gasteiger partial charge in [-0.05, 0) is 74.5 Å². The van der Waals surface area contributed by atoms with Crippen LogP contribution in [0.3, 0.4) is 0 Å². The number of aryl methyl sites for hydroxylation is 1. The zero-order chi connectivity index (χ0) is 20.8. The van der Waals surface area contributed by atoms with Crippen LogP contribution < -0.4 is 5.73 Å². The number of hydrogen-bond donors (Lipinski definition) is 4. The maximum absolute atomic E-state index is 10.6. The Labute approximate surface area is 170 Å². The van der Waals surface area contributed by atoms with Crippen molar-refractivity contribution in [3.05, 3.63) is 35.4 Å². The summed E-state index contributed by atoms with van der Waals surface area (Å²) in [6.45, 7) is 2.69. The topological polar surface area (TPSA) is 104 Å². The number of carboxylic acid groups (broad SMARTS) is 1. The van der Waals surface area contributed by atoms with Crippen molar-refractivity contribution >= 4 is 5.97 Å². The van der Waals surface area contributed by atoms with Crippen molar-refractivity contribution in [2.45, 2.75) is 77.2 Å². The molecule has 2 rings (SSSR count). The van der Waals surface area contributed by atoms with Gasteiger partial charge >= 0.3 is 5.97 Å². The quantitative estimate of drug-likeness (QED) is 0.449. The third kappa shape index (κ3) is 9.67. The molecular weight excluding hydrogens is 354 g/mol. The molecule has 1 aromatic carbocycles. The minimum absolute atomic E-state index is 0.222. The van der Waals surface area contributed by atoms with Gasteiger partial charge in [0.2, 0.25) is 0 Å². The standard InChI is InChI=1S/C20H33NO2.C3H6O2/c21-15-17-8-12-19(13-9-17)20(23)18-10-6-16(7-11-18)5-3-1-2-4-14-22;1-2-3(4)5/h6-7,10-11,17,19-20,22-23H,1-5,8-9,12-15,21H2;2H2,1H3,(H,4,5). The van der Waals surface area contributed by atoms with Gasteiger partial charge in [0.1, 0.15) is 0 Å². The van der Waals surface area contributed by atoms with E-state index in [2.05, 4.69) is 24.3 Å². The van der Waals surface area contributed by atoms with Gasteiger partial charge in [0.25, 0.3) is 0 Å². The van der Waals surface area contributed by atoms with E-state index in [1.807, 2.05) is 0 Å². The van der Waals surface area contributed by atoms with Crippen molar-refractivity contribution in [1.29, 1.82) is 0 Å². The van der Waals surface area contributed by atoms with Gasteiger partial charge in [-0.15, -0.1) is 0 Å². The van der Waals surface area contributed by atoms with Crippen molar-refractivity contribution in [3.63, 3.8) is 0 Å². The van der Waals surface area contributed by atoms with Crippen molar-refractivity contribution < 1.29 is 20.1 Å². The van der Waals surface area contributed by atoms with Crippen LogP contribution in [0.1, 0.15) is 81.9 Å². The van der Waals surface area contributed by atoms with Crippen molar-refractivity contribution in [3.8, 4) is 0 Å². The highest BCUT2D eigenvalue weighted by atomic mass is 16.4. The van der Waals surface area contributed by atoms with E-state index in [9.17, 15) is 9.90 Å². The first-order chi connectivity index (χ1) is 13.5. The third-order valence-electron chi connectivity index (χ3n) is 5.67. The number of carbonyl (C=O) groups is 1. The van der Waals surface area contributed by atoms with Gasteiger partial charge < -0.3 is 21.1 Å². The van der Waals surface area contributed by atoms with E-state index in [-0.39, 0.29) is 12.5 Å². The molecule has 0 amide bonds. The van der Waals surface area contributed by atoms with Gasteiger partial charge in [-0.25, -0.2) is 0 Å². The lowest BCUT2D eigenvalue weighted by Gasteiger charge is -2.31. The molecule has 5 nitrogen and oxygen atoms in total. The fraction of sp³-hybridized carbons (Fsp3) is 0.696. The van der Waals surface area contributed by atoms with Crippen LogP contribution in [-0.4, -0.2) is 34.4 Å². The molecular formula is C23H39NO4. The highest BCUT2D eigenvalue weighted by Gasteiger charge is 2.26. The molecule has 1 aliphatic rings. The molecule has 1 unspecified atom stereocenters.